The van der Waals surface area contributed by atoms with Crippen LogP contribution in [0.15, 0.2) is 48.5 Å². The molecule has 2 atom stereocenters. The summed E-state index contributed by atoms with van der Waals surface area (Å²) in [5, 5.41) is 2.49. The lowest BCUT2D eigenvalue weighted by Gasteiger charge is -2.27. The minimum atomic E-state index is -1.08. The van der Waals surface area contributed by atoms with Crippen molar-refractivity contribution in [2.24, 2.45) is 5.92 Å². The number of ether oxygens (including phenoxy) is 2. The molecule has 1 aliphatic carbocycles. The molecule has 2 aromatic carbocycles. The van der Waals surface area contributed by atoms with Crippen molar-refractivity contribution >= 4 is 23.9 Å². The van der Waals surface area contributed by atoms with Gasteiger partial charge < -0.3 is 14.8 Å². The molecular weight excluding hydrogens is 424 g/mol. The third-order valence-corrected chi connectivity index (χ3v) is 6.17. The molecule has 1 unspecified atom stereocenters. The van der Waals surface area contributed by atoms with Crippen molar-refractivity contribution in [2.45, 2.75) is 38.3 Å². The van der Waals surface area contributed by atoms with E-state index < -0.39 is 36.0 Å². The lowest BCUT2D eigenvalue weighted by Crippen LogP contribution is -2.51. The summed E-state index contributed by atoms with van der Waals surface area (Å²) in [5.41, 5.74) is 4.36. The molecule has 1 aliphatic heterocycles. The number of hydrogen-bond acceptors (Lipinski definition) is 6. The molecule has 3 amide bonds. The maximum atomic E-state index is 12.8. The molecular formula is C25H26N2O6. The fourth-order valence-corrected chi connectivity index (χ4v) is 4.63. The number of amides is 3. The standard InChI is InChI=1S/C25H26N2O6/c1-14(2)22(24(30)32-3)27-21(28)12-20(23(27)29)26-25(31)33-13-19-17-10-6-4-8-15(17)16-9-5-7-11-18(16)19/h4-11,14,19-20,22H,12-13H2,1-3H3,(H,26,31)/t20?,22-/m0/s1. The molecule has 2 aliphatic rings. The molecule has 0 spiro atoms. The average Bonchev–Trinajstić information content (AvgIpc) is 3.26. The molecule has 0 bridgehead atoms. The van der Waals surface area contributed by atoms with E-state index in [0.29, 0.717) is 0 Å². The predicted molar refractivity (Wildman–Crippen MR) is 119 cm³/mol. The second kappa shape index (κ2) is 9.05. The smallest absolute Gasteiger partial charge is 0.407 e. The Hall–Kier alpha value is -3.68. The molecule has 1 N–H and O–H groups in total. The number of alkyl carbamates (subject to hydrolysis) is 1. The first-order chi connectivity index (χ1) is 15.8. The molecule has 2 aromatic rings. The molecule has 1 fully saturated rings. The highest BCUT2D eigenvalue weighted by molar-refractivity contribution is 6.09. The number of nitrogens with zero attached hydrogens (tertiary/aromatic N) is 1. The first-order valence-corrected chi connectivity index (χ1v) is 10.9. The summed E-state index contributed by atoms with van der Waals surface area (Å²) in [6.45, 7) is 3.53. The summed E-state index contributed by atoms with van der Waals surface area (Å²) in [5.74, 6) is -2.30. The van der Waals surface area contributed by atoms with Gasteiger partial charge in [-0.15, -0.1) is 0 Å². The Labute approximate surface area is 191 Å². The Balaban J connectivity index is 1.43. The molecule has 1 heterocycles. The molecule has 8 nitrogen and oxygen atoms in total. The van der Waals surface area contributed by atoms with Crippen molar-refractivity contribution in [1.82, 2.24) is 10.2 Å². The van der Waals surface area contributed by atoms with Gasteiger partial charge >= 0.3 is 12.1 Å². The third-order valence-electron chi connectivity index (χ3n) is 6.17. The zero-order valence-corrected chi connectivity index (χ0v) is 18.7. The second-order valence-electron chi connectivity index (χ2n) is 8.54. The largest absolute Gasteiger partial charge is 0.467 e. The molecule has 33 heavy (non-hydrogen) atoms. The number of rotatable bonds is 6. The van der Waals surface area contributed by atoms with Crippen LogP contribution in [0.3, 0.4) is 0 Å². The number of methoxy groups -OCH3 is 1. The third kappa shape index (κ3) is 4.08. The maximum absolute atomic E-state index is 12.8. The number of hydrogen-bond donors (Lipinski definition) is 1. The number of nitrogens with one attached hydrogen (secondary N) is 1. The molecule has 172 valence electrons. The van der Waals surface area contributed by atoms with E-state index >= 15 is 0 Å². The summed E-state index contributed by atoms with van der Waals surface area (Å²) < 4.78 is 10.2. The minimum absolute atomic E-state index is 0.0925. The van der Waals surface area contributed by atoms with E-state index in [4.69, 9.17) is 9.47 Å². The number of imide groups is 1. The Morgan fingerprint density at radius 3 is 2.15 bits per heavy atom. The summed E-state index contributed by atoms with van der Waals surface area (Å²) in [6, 6.07) is 13.8. The molecule has 8 heteroatoms. The lowest BCUT2D eigenvalue weighted by atomic mass is 9.98. The summed E-state index contributed by atoms with van der Waals surface area (Å²) >= 11 is 0. The van der Waals surface area contributed by atoms with Gasteiger partial charge in [0.1, 0.15) is 18.7 Å². The highest BCUT2D eigenvalue weighted by Crippen LogP contribution is 2.44. The van der Waals surface area contributed by atoms with Gasteiger partial charge in [-0.05, 0) is 28.2 Å². The Kier molecular flexibility index (Phi) is 6.18. The van der Waals surface area contributed by atoms with Crippen molar-refractivity contribution in [3.8, 4) is 11.1 Å². The fraction of sp³-hybridized carbons (Fsp3) is 0.360. The second-order valence-corrected chi connectivity index (χ2v) is 8.54. The lowest BCUT2D eigenvalue weighted by molar-refractivity contribution is -0.158. The maximum Gasteiger partial charge on any atom is 0.407 e. The first kappa shape index (κ1) is 22.5. The zero-order chi connectivity index (χ0) is 23.7. The highest BCUT2D eigenvalue weighted by Gasteiger charge is 2.47. The molecule has 4 rings (SSSR count). The van der Waals surface area contributed by atoms with Crippen LogP contribution in [-0.2, 0) is 23.9 Å². The number of carbonyl (C=O) groups is 4. The minimum Gasteiger partial charge on any atom is -0.467 e. The van der Waals surface area contributed by atoms with Gasteiger partial charge in [0.2, 0.25) is 5.91 Å². The first-order valence-electron chi connectivity index (χ1n) is 10.9. The Bertz CT molecular complexity index is 1070. The number of likely N-dealkylation sites (tertiary alicyclic amines) is 1. The van der Waals surface area contributed by atoms with E-state index in [9.17, 15) is 19.2 Å². The Morgan fingerprint density at radius 2 is 1.61 bits per heavy atom. The normalized spacial score (nSPS) is 18.2. The van der Waals surface area contributed by atoms with E-state index in [1.807, 2.05) is 48.5 Å². The zero-order valence-electron chi connectivity index (χ0n) is 18.7. The molecule has 0 saturated carbocycles. The van der Waals surface area contributed by atoms with Crippen molar-refractivity contribution < 1.29 is 28.7 Å². The molecule has 0 radical (unpaired) electrons. The SMILES string of the molecule is COC(=O)[C@H](C(C)C)N1C(=O)CC(NC(=O)OCC2c3ccccc3-c3ccccc32)C1=O. The summed E-state index contributed by atoms with van der Waals surface area (Å²) in [4.78, 5) is 50.9. The van der Waals surface area contributed by atoms with Gasteiger partial charge in [-0.25, -0.2) is 9.59 Å². The molecule has 0 aromatic heterocycles. The number of benzene rings is 2. The van der Waals surface area contributed by atoms with Gasteiger partial charge in [0.25, 0.3) is 5.91 Å². The van der Waals surface area contributed by atoms with Gasteiger partial charge in [0, 0.05) is 5.92 Å². The van der Waals surface area contributed by atoms with Crippen LogP contribution >= 0.6 is 0 Å². The van der Waals surface area contributed by atoms with E-state index in [-0.39, 0.29) is 24.9 Å². The van der Waals surface area contributed by atoms with Gasteiger partial charge in [-0.1, -0.05) is 62.4 Å². The van der Waals surface area contributed by atoms with Crippen LogP contribution in [0.4, 0.5) is 4.79 Å². The van der Waals surface area contributed by atoms with Crippen LogP contribution in [0.25, 0.3) is 11.1 Å². The van der Waals surface area contributed by atoms with Crippen LogP contribution in [0.2, 0.25) is 0 Å². The van der Waals surface area contributed by atoms with Crippen molar-refractivity contribution in [3.05, 3.63) is 59.7 Å². The molecule has 1 saturated heterocycles. The Morgan fingerprint density at radius 1 is 1.03 bits per heavy atom. The van der Waals surface area contributed by atoms with Crippen molar-refractivity contribution in [1.29, 1.82) is 0 Å². The van der Waals surface area contributed by atoms with E-state index in [1.54, 1.807) is 13.8 Å². The van der Waals surface area contributed by atoms with Gasteiger partial charge in [0.05, 0.1) is 13.5 Å². The average molecular weight is 450 g/mol. The quantitative estimate of drug-likeness (QED) is 0.536. The van der Waals surface area contributed by atoms with Crippen LogP contribution < -0.4 is 5.32 Å². The highest BCUT2D eigenvalue weighted by atomic mass is 16.5. The van der Waals surface area contributed by atoms with Crippen LogP contribution in [0, 0.1) is 5.92 Å². The van der Waals surface area contributed by atoms with Gasteiger partial charge in [-0.2, -0.15) is 0 Å². The van der Waals surface area contributed by atoms with Crippen molar-refractivity contribution in [3.63, 3.8) is 0 Å². The number of esters is 1. The summed E-state index contributed by atoms with van der Waals surface area (Å²) in [6.07, 6.45) is -1.02. The van der Waals surface area contributed by atoms with Gasteiger partial charge in [-0.3, -0.25) is 14.5 Å². The number of carbonyl (C=O) groups excluding carboxylic acids is 4. The van der Waals surface area contributed by atoms with Gasteiger partial charge in [0.15, 0.2) is 0 Å². The monoisotopic (exact) mass is 450 g/mol. The fourth-order valence-electron chi connectivity index (χ4n) is 4.63. The van der Waals surface area contributed by atoms with Crippen LogP contribution in [0.1, 0.15) is 37.3 Å². The van der Waals surface area contributed by atoms with E-state index in [0.717, 1.165) is 27.2 Å². The van der Waals surface area contributed by atoms with E-state index in [1.165, 1.54) is 7.11 Å². The number of fused-ring (bicyclic) bond motifs is 3. The van der Waals surface area contributed by atoms with Crippen molar-refractivity contribution in [2.75, 3.05) is 13.7 Å². The topological polar surface area (TPSA) is 102 Å². The predicted octanol–water partition coefficient (Wildman–Crippen LogP) is 2.85. The summed E-state index contributed by atoms with van der Waals surface area (Å²) in [7, 11) is 1.20. The van der Waals surface area contributed by atoms with Crippen LogP contribution in [-0.4, -0.2) is 54.6 Å². The van der Waals surface area contributed by atoms with E-state index in [2.05, 4.69) is 5.32 Å². The van der Waals surface area contributed by atoms with Crippen LogP contribution in [0.5, 0.6) is 0 Å².